The van der Waals surface area contributed by atoms with E-state index in [1.54, 1.807) is 0 Å². The van der Waals surface area contributed by atoms with Gasteiger partial charge in [0.1, 0.15) is 0 Å². The summed E-state index contributed by atoms with van der Waals surface area (Å²) in [5.41, 5.74) is 0.626. The van der Waals surface area contributed by atoms with Gasteiger partial charge in [0.25, 0.3) is 0 Å². The Hall–Kier alpha value is -2.17. The number of ether oxygens (including phenoxy) is 1. The van der Waals surface area contributed by atoms with Gasteiger partial charge in [-0.3, -0.25) is 0 Å². The maximum absolute atomic E-state index is 11.2. The zero-order chi connectivity index (χ0) is 16.5. The first-order valence-electron chi connectivity index (χ1n) is 7.53. The van der Waals surface area contributed by atoms with Crippen molar-refractivity contribution in [1.82, 2.24) is 0 Å². The molecule has 0 aliphatic rings. The molecule has 0 saturated carbocycles. The number of hydrogen-bond donors (Lipinski definition) is 3. The summed E-state index contributed by atoms with van der Waals surface area (Å²) >= 11 is 0. The molecule has 122 valence electrons. The van der Waals surface area contributed by atoms with Crippen molar-refractivity contribution in [2.75, 3.05) is 6.61 Å². The molecule has 0 aliphatic heterocycles. The lowest BCUT2D eigenvalue weighted by atomic mass is 9.93. The van der Waals surface area contributed by atoms with E-state index in [0.717, 1.165) is 38.2 Å². The molecule has 0 fully saturated rings. The third kappa shape index (κ3) is 5.31. The standard InChI is InChI=1S/C17H24O5/c1-3-5-6-7-8-12(11-22-16(20)4-2)13-9-14(18)17(21)15(19)10-13/h4,9-10,12,18-19,21H,2-3,5-8,11H2,1H3. The molecular weight excluding hydrogens is 284 g/mol. The van der Waals surface area contributed by atoms with Gasteiger partial charge >= 0.3 is 5.97 Å². The van der Waals surface area contributed by atoms with Crippen molar-refractivity contribution in [3.63, 3.8) is 0 Å². The molecule has 1 aromatic rings. The minimum absolute atomic E-state index is 0.140. The van der Waals surface area contributed by atoms with Crippen LogP contribution >= 0.6 is 0 Å². The number of aromatic hydroxyl groups is 3. The first kappa shape index (κ1) is 17.9. The molecule has 1 atom stereocenters. The SMILES string of the molecule is C=CC(=O)OCC(CCCCCC)c1cc(O)c(O)c(O)c1. The molecule has 5 heteroatoms. The van der Waals surface area contributed by atoms with Crippen LogP contribution in [0.15, 0.2) is 24.8 Å². The number of esters is 1. The maximum atomic E-state index is 11.2. The number of rotatable bonds is 9. The molecule has 1 rings (SSSR count). The lowest BCUT2D eigenvalue weighted by molar-refractivity contribution is -0.138. The summed E-state index contributed by atoms with van der Waals surface area (Å²) in [6.07, 6.45) is 6.13. The van der Waals surface area contributed by atoms with Gasteiger partial charge in [-0.25, -0.2) is 4.79 Å². The highest BCUT2D eigenvalue weighted by Crippen LogP contribution is 2.38. The highest BCUT2D eigenvalue weighted by atomic mass is 16.5. The van der Waals surface area contributed by atoms with Gasteiger partial charge in [0.05, 0.1) is 6.61 Å². The van der Waals surface area contributed by atoms with Crippen molar-refractivity contribution < 1.29 is 24.9 Å². The van der Waals surface area contributed by atoms with E-state index in [9.17, 15) is 20.1 Å². The third-order valence-electron chi connectivity index (χ3n) is 3.56. The fraction of sp³-hybridized carbons (Fsp3) is 0.471. The van der Waals surface area contributed by atoms with E-state index >= 15 is 0 Å². The first-order valence-corrected chi connectivity index (χ1v) is 7.53. The zero-order valence-corrected chi connectivity index (χ0v) is 12.9. The molecule has 5 nitrogen and oxygen atoms in total. The van der Waals surface area contributed by atoms with Gasteiger partial charge in [-0.1, -0.05) is 39.2 Å². The van der Waals surface area contributed by atoms with Crippen molar-refractivity contribution in [3.05, 3.63) is 30.4 Å². The second-order valence-electron chi connectivity index (χ2n) is 5.29. The van der Waals surface area contributed by atoms with Crippen LogP contribution in [0.4, 0.5) is 0 Å². The van der Waals surface area contributed by atoms with Gasteiger partial charge in [0.2, 0.25) is 0 Å². The number of carbonyl (C=O) groups is 1. The van der Waals surface area contributed by atoms with Crippen LogP contribution in [-0.4, -0.2) is 27.9 Å². The lowest BCUT2D eigenvalue weighted by Gasteiger charge is -2.18. The minimum Gasteiger partial charge on any atom is -0.504 e. The molecular formula is C17H24O5. The van der Waals surface area contributed by atoms with Crippen molar-refractivity contribution in [1.29, 1.82) is 0 Å². The van der Waals surface area contributed by atoms with Crippen LogP contribution in [-0.2, 0) is 9.53 Å². The Bertz CT molecular complexity index is 487. The Morgan fingerprint density at radius 1 is 1.23 bits per heavy atom. The molecule has 0 radical (unpaired) electrons. The van der Waals surface area contributed by atoms with Crippen LogP contribution in [0.3, 0.4) is 0 Å². The van der Waals surface area contributed by atoms with Gasteiger partial charge in [-0.05, 0) is 24.1 Å². The van der Waals surface area contributed by atoms with Crippen LogP contribution < -0.4 is 0 Å². The molecule has 0 saturated heterocycles. The Kier molecular flexibility index (Phi) is 7.29. The number of carbonyl (C=O) groups excluding carboxylic acids is 1. The monoisotopic (exact) mass is 308 g/mol. The number of phenolic OH excluding ortho intramolecular Hbond substituents is 3. The average molecular weight is 308 g/mol. The largest absolute Gasteiger partial charge is 0.504 e. The third-order valence-corrected chi connectivity index (χ3v) is 3.56. The maximum Gasteiger partial charge on any atom is 0.330 e. The van der Waals surface area contributed by atoms with Gasteiger partial charge in [0.15, 0.2) is 17.2 Å². The fourth-order valence-electron chi connectivity index (χ4n) is 2.27. The van der Waals surface area contributed by atoms with Crippen LogP contribution in [0.1, 0.15) is 50.5 Å². The molecule has 0 aliphatic carbocycles. The summed E-state index contributed by atoms with van der Waals surface area (Å²) in [6, 6.07) is 2.78. The number of hydrogen-bond acceptors (Lipinski definition) is 5. The summed E-state index contributed by atoms with van der Waals surface area (Å²) < 4.78 is 5.09. The minimum atomic E-state index is -0.545. The molecule has 3 N–H and O–H groups in total. The smallest absolute Gasteiger partial charge is 0.330 e. The Morgan fingerprint density at radius 2 is 1.86 bits per heavy atom. The van der Waals surface area contributed by atoms with Gasteiger partial charge in [-0.2, -0.15) is 0 Å². The van der Waals surface area contributed by atoms with Gasteiger partial charge in [-0.15, -0.1) is 0 Å². The van der Waals surface area contributed by atoms with E-state index in [1.807, 2.05) is 0 Å². The van der Waals surface area contributed by atoms with E-state index in [2.05, 4.69) is 13.5 Å². The Labute approximate surface area is 130 Å². The number of phenols is 3. The molecule has 0 spiro atoms. The quantitative estimate of drug-likeness (QED) is 0.281. The predicted octanol–water partition coefficient (Wildman–Crippen LogP) is 3.59. The fourth-order valence-corrected chi connectivity index (χ4v) is 2.27. The topological polar surface area (TPSA) is 87.0 Å². The van der Waals surface area contributed by atoms with Gasteiger partial charge < -0.3 is 20.1 Å². The van der Waals surface area contributed by atoms with Crippen molar-refractivity contribution in [2.24, 2.45) is 0 Å². The lowest BCUT2D eigenvalue weighted by Crippen LogP contribution is -2.11. The average Bonchev–Trinajstić information content (AvgIpc) is 2.51. The van der Waals surface area contributed by atoms with E-state index in [4.69, 9.17) is 4.74 Å². The molecule has 22 heavy (non-hydrogen) atoms. The molecule has 1 unspecified atom stereocenters. The van der Waals surface area contributed by atoms with Crippen LogP contribution in [0.2, 0.25) is 0 Å². The second-order valence-corrected chi connectivity index (χ2v) is 5.29. The van der Waals surface area contributed by atoms with E-state index in [-0.39, 0.29) is 24.0 Å². The highest BCUT2D eigenvalue weighted by molar-refractivity contribution is 5.81. The van der Waals surface area contributed by atoms with Crippen molar-refractivity contribution in [2.45, 2.75) is 44.9 Å². The molecule has 1 aromatic carbocycles. The number of benzene rings is 1. The summed E-state index contributed by atoms with van der Waals surface area (Å²) in [6.45, 7) is 5.61. The molecule has 0 aromatic heterocycles. The van der Waals surface area contributed by atoms with Crippen LogP contribution in [0, 0.1) is 0 Å². The van der Waals surface area contributed by atoms with Crippen LogP contribution in [0.25, 0.3) is 0 Å². The molecule has 0 heterocycles. The first-order chi connectivity index (χ1) is 10.5. The van der Waals surface area contributed by atoms with Crippen LogP contribution in [0.5, 0.6) is 17.2 Å². The normalized spacial score (nSPS) is 11.9. The summed E-state index contributed by atoms with van der Waals surface area (Å²) in [7, 11) is 0. The van der Waals surface area contributed by atoms with Crippen molar-refractivity contribution in [3.8, 4) is 17.2 Å². The Balaban J connectivity index is 2.83. The van der Waals surface area contributed by atoms with E-state index in [1.165, 1.54) is 12.1 Å². The molecule has 0 amide bonds. The Morgan fingerprint density at radius 3 is 2.41 bits per heavy atom. The predicted molar refractivity (Wildman–Crippen MR) is 84.1 cm³/mol. The second kappa shape index (κ2) is 8.97. The summed E-state index contributed by atoms with van der Waals surface area (Å²) in [4.78, 5) is 11.2. The summed E-state index contributed by atoms with van der Waals surface area (Å²) in [5.74, 6) is -1.98. The van der Waals surface area contributed by atoms with E-state index < -0.39 is 11.7 Å². The zero-order valence-electron chi connectivity index (χ0n) is 12.9. The highest BCUT2D eigenvalue weighted by Gasteiger charge is 2.18. The van der Waals surface area contributed by atoms with Gasteiger partial charge in [0, 0.05) is 12.0 Å². The van der Waals surface area contributed by atoms with Crippen molar-refractivity contribution >= 4 is 5.97 Å². The van der Waals surface area contributed by atoms with E-state index in [0.29, 0.717) is 5.56 Å². The molecule has 0 bridgehead atoms. The summed E-state index contributed by atoms with van der Waals surface area (Å²) in [5, 5.41) is 28.7. The number of unbranched alkanes of at least 4 members (excludes halogenated alkanes) is 3.